The molecule has 1 heterocycles. The van der Waals surface area contributed by atoms with Crippen LogP contribution in [0, 0.1) is 5.82 Å². The molecule has 1 fully saturated rings. The Bertz CT molecular complexity index is 1060. The predicted octanol–water partition coefficient (Wildman–Crippen LogP) is 5.28. The Morgan fingerprint density at radius 3 is 2.50 bits per heavy atom. The molecule has 0 spiro atoms. The van der Waals surface area contributed by atoms with Crippen molar-refractivity contribution in [3.63, 3.8) is 0 Å². The van der Waals surface area contributed by atoms with Crippen molar-refractivity contribution in [3.05, 3.63) is 59.5 Å². The van der Waals surface area contributed by atoms with Crippen LogP contribution in [0.1, 0.15) is 44.9 Å². The maximum Gasteiger partial charge on any atom is 0.235 e. The number of hydrogen-bond donors (Lipinski definition) is 2. The number of methoxy groups -OCH3 is 1. The van der Waals surface area contributed by atoms with Crippen molar-refractivity contribution in [2.24, 2.45) is 0 Å². The highest BCUT2D eigenvalue weighted by atomic mass is 19.1. The number of aromatic amines is 1. The van der Waals surface area contributed by atoms with Gasteiger partial charge in [0.25, 0.3) is 0 Å². The molecule has 5 heteroatoms. The van der Waals surface area contributed by atoms with Gasteiger partial charge in [-0.3, -0.25) is 4.79 Å². The van der Waals surface area contributed by atoms with E-state index in [-0.39, 0.29) is 17.1 Å². The Kier molecular flexibility index (Phi) is 4.21. The lowest BCUT2D eigenvalue weighted by Crippen LogP contribution is -2.27. The van der Waals surface area contributed by atoms with Gasteiger partial charge in [0.15, 0.2) is 11.6 Å². The number of benzene rings is 2. The van der Waals surface area contributed by atoms with Gasteiger partial charge in [0.1, 0.15) is 0 Å². The summed E-state index contributed by atoms with van der Waals surface area (Å²) in [5.74, 6) is -0.349. The van der Waals surface area contributed by atoms with Gasteiger partial charge in [0.05, 0.1) is 12.5 Å². The van der Waals surface area contributed by atoms with Gasteiger partial charge in [0.2, 0.25) is 5.91 Å². The number of nitrogens with one attached hydrogen (secondary N) is 2. The fraction of sp³-hybridized carbons (Fsp3) is 0.348. The van der Waals surface area contributed by atoms with E-state index in [9.17, 15) is 9.18 Å². The molecule has 0 radical (unpaired) electrons. The smallest absolute Gasteiger partial charge is 0.235 e. The fourth-order valence-corrected chi connectivity index (χ4v) is 3.60. The molecule has 1 aliphatic carbocycles. The summed E-state index contributed by atoms with van der Waals surface area (Å²) in [5, 5.41) is 4.08. The first kappa shape index (κ1) is 18.5. The number of hydrogen-bond acceptors (Lipinski definition) is 2. The van der Waals surface area contributed by atoms with Gasteiger partial charge in [-0.25, -0.2) is 4.39 Å². The number of aromatic nitrogens is 1. The second-order valence-electron chi connectivity index (χ2n) is 8.62. The van der Waals surface area contributed by atoms with Crippen molar-refractivity contribution in [1.82, 2.24) is 4.98 Å². The minimum absolute atomic E-state index is 0.0267. The molecule has 0 unspecified atom stereocenters. The molecule has 1 saturated carbocycles. The second kappa shape index (κ2) is 6.36. The lowest BCUT2D eigenvalue weighted by atomic mass is 9.92. The van der Waals surface area contributed by atoms with Crippen LogP contribution in [0.5, 0.6) is 5.75 Å². The minimum atomic E-state index is -0.656. The van der Waals surface area contributed by atoms with Crippen LogP contribution in [-0.4, -0.2) is 18.0 Å². The number of amides is 1. The Hall–Kier alpha value is -2.82. The third kappa shape index (κ3) is 3.15. The summed E-state index contributed by atoms with van der Waals surface area (Å²) in [5.41, 5.74) is 3.01. The van der Waals surface area contributed by atoms with Crippen LogP contribution in [0.15, 0.2) is 42.5 Å². The summed E-state index contributed by atoms with van der Waals surface area (Å²) >= 11 is 0. The quantitative estimate of drug-likeness (QED) is 0.647. The standard InChI is InChI=1S/C23H25FN2O2/c1-22(2,3)20-12-14-11-16(6-7-18(14)26-20)25-21(27)23(9-10-23)15-5-8-19(28-4)17(24)13-15/h5-8,11-13,26H,9-10H2,1-4H3,(H,25,27). The van der Waals surface area contributed by atoms with Crippen LogP contribution in [0.4, 0.5) is 10.1 Å². The van der Waals surface area contributed by atoms with E-state index in [0.717, 1.165) is 22.3 Å². The van der Waals surface area contributed by atoms with E-state index in [4.69, 9.17) is 4.74 Å². The number of rotatable bonds is 4. The zero-order chi connectivity index (χ0) is 20.1. The summed E-state index contributed by atoms with van der Waals surface area (Å²) in [6.07, 6.45) is 1.43. The van der Waals surface area contributed by atoms with Crippen LogP contribution in [0.2, 0.25) is 0 Å². The van der Waals surface area contributed by atoms with Crippen LogP contribution in [0.25, 0.3) is 10.9 Å². The highest BCUT2D eigenvalue weighted by Crippen LogP contribution is 2.49. The molecule has 1 aliphatic rings. The average molecular weight is 380 g/mol. The SMILES string of the molecule is COc1ccc(C2(C(=O)Nc3ccc4[nH]c(C(C)(C)C)cc4c3)CC2)cc1F. The Morgan fingerprint density at radius 1 is 1.14 bits per heavy atom. The highest BCUT2D eigenvalue weighted by molar-refractivity contribution is 6.02. The molecule has 0 aliphatic heterocycles. The molecule has 0 saturated heterocycles. The minimum Gasteiger partial charge on any atom is -0.494 e. The molecular formula is C23H25FN2O2. The first-order chi connectivity index (χ1) is 13.2. The van der Waals surface area contributed by atoms with Gasteiger partial charge in [-0.2, -0.15) is 0 Å². The van der Waals surface area contributed by atoms with E-state index in [1.54, 1.807) is 12.1 Å². The molecule has 2 aromatic carbocycles. The number of H-pyrrole nitrogens is 1. The molecule has 3 aromatic rings. The topological polar surface area (TPSA) is 54.1 Å². The first-order valence-electron chi connectivity index (χ1n) is 9.52. The number of halogens is 1. The van der Waals surface area contributed by atoms with Gasteiger partial charge < -0.3 is 15.0 Å². The van der Waals surface area contributed by atoms with Crippen LogP contribution >= 0.6 is 0 Å². The number of anilines is 1. The van der Waals surface area contributed by atoms with E-state index < -0.39 is 11.2 Å². The summed E-state index contributed by atoms with van der Waals surface area (Å²) < 4.78 is 19.1. The molecule has 28 heavy (non-hydrogen) atoms. The maximum atomic E-state index is 14.1. The summed E-state index contributed by atoms with van der Waals surface area (Å²) in [6, 6.07) is 12.7. The van der Waals surface area contributed by atoms with E-state index in [1.807, 2.05) is 18.2 Å². The highest BCUT2D eigenvalue weighted by Gasteiger charge is 2.51. The Balaban J connectivity index is 1.58. The summed E-state index contributed by atoms with van der Waals surface area (Å²) in [7, 11) is 1.43. The Morgan fingerprint density at radius 2 is 1.89 bits per heavy atom. The number of fused-ring (bicyclic) bond motifs is 1. The molecule has 146 valence electrons. The van der Waals surface area contributed by atoms with Gasteiger partial charge in [-0.05, 0) is 54.8 Å². The van der Waals surface area contributed by atoms with Gasteiger partial charge in [-0.1, -0.05) is 26.8 Å². The van der Waals surface area contributed by atoms with Crippen LogP contribution in [0.3, 0.4) is 0 Å². The van der Waals surface area contributed by atoms with Crippen LogP contribution in [-0.2, 0) is 15.6 Å². The van der Waals surface area contributed by atoms with E-state index >= 15 is 0 Å². The third-order valence-corrected chi connectivity index (χ3v) is 5.58. The van der Waals surface area contributed by atoms with Crippen molar-refractivity contribution in [2.75, 3.05) is 12.4 Å². The molecule has 4 nitrogen and oxygen atoms in total. The molecule has 4 rings (SSSR count). The third-order valence-electron chi connectivity index (χ3n) is 5.58. The van der Waals surface area contributed by atoms with Crippen LogP contribution < -0.4 is 10.1 Å². The number of carbonyl (C=O) groups is 1. The first-order valence-corrected chi connectivity index (χ1v) is 9.52. The van der Waals surface area contributed by atoms with E-state index in [1.165, 1.54) is 13.2 Å². The monoisotopic (exact) mass is 380 g/mol. The fourth-order valence-electron chi connectivity index (χ4n) is 3.60. The predicted molar refractivity (Wildman–Crippen MR) is 109 cm³/mol. The summed E-state index contributed by atoms with van der Waals surface area (Å²) in [6.45, 7) is 6.47. The zero-order valence-corrected chi connectivity index (χ0v) is 16.7. The van der Waals surface area contributed by atoms with Crippen molar-refractivity contribution in [1.29, 1.82) is 0 Å². The molecule has 1 aromatic heterocycles. The van der Waals surface area contributed by atoms with Gasteiger partial charge >= 0.3 is 0 Å². The van der Waals surface area contributed by atoms with E-state index in [2.05, 4.69) is 37.1 Å². The van der Waals surface area contributed by atoms with Gasteiger partial charge in [0, 0.05) is 27.7 Å². The van der Waals surface area contributed by atoms with Crippen molar-refractivity contribution in [2.45, 2.75) is 44.4 Å². The molecule has 2 N–H and O–H groups in total. The number of ether oxygens (including phenoxy) is 1. The summed E-state index contributed by atoms with van der Waals surface area (Å²) in [4.78, 5) is 16.4. The molecule has 0 bridgehead atoms. The van der Waals surface area contributed by atoms with Crippen molar-refractivity contribution in [3.8, 4) is 5.75 Å². The number of carbonyl (C=O) groups excluding carboxylic acids is 1. The molecule has 1 amide bonds. The normalized spacial score (nSPS) is 15.5. The molecular weight excluding hydrogens is 355 g/mol. The van der Waals surface area contributed by atoms with Crippen molar-refractivity contribution >= 4 is 22.5 Å². The van der Waals surface area contributed by atoms with Gasteiger partial charge in [-0.15, -0.1) is 0 Å². The largest absolute Gasteiger partial charge is 0.494 e. The second-order valence-corrected chi connectivity index (χ2v) is 8.62. The zero-order valence-electron chi connectivity index (χ0n) is 16.7. The molecule has 0 atom stereocenters. The van der Waals surface area contributed by atoms with Crippen molar-refractivity contribution < 1.29 is 13.9 Å². The lowest BCUT2D eigenvalue weighted by Gasteiger charge is -2.16. The maximum absolute atomic E-state index is 14.1. The Labute approximate surface area is 164 Å². The average Bonchev–Trinajstić information content (AvgIpc) is 3.34. The lowest BCUT2D eigenvalue weighted by molar-refractivity contribution is -0.118. The van der Waals surface area contributed by atoms with E-state index in [0.29, 0.717) is 18.4 Å².